The van der Waals surface area contributed by atoms with Gasteiger partial charge in [-0.15, -0.1) is 0 Å². The summed E-state index contributed by atoms with van der Waals surface area (Å²) in [6.07, 6.45) is 4.20. The van der Waals surface area contributed by atoms with E-state index in [9.17, 15) is 0 Å². The van der Waals surface area contributed by atoms with Crippen molar-refractivity contribution >= 4 is 11.5 Å². The fourth-order valence-corrected chi connectivity index (χ4v) is 2.08. The van der Waals surface area contributed by atoms with Crippen molar-refractivity contribution in [2.75, 3.05) is 4.90 Å². The smallest absolute Gasteiger partial charge is 0.138 e. The largest absolute Gasteiger partial charge is 0.384 e. The first-order valence-electron chi connectivity index (χ1n) is 5.85. The lowest BCUT2D eigenvalue weighted by Gasteiger charge is -2.28. The maximum absolute atomic E-state index is 5.83. The van der Waals surface area contributed by atoms with E-state index in [1.807, 2.05) is 24.3 Å². The summed E-state index contributed by atoms with van der Waals surface area (Å²) in [6, 6.07) is 10.3. The number of nitrogens with zero attached hydrogens (tertiary/aromatic N) is 2. The summed E-state index contributed by atoms with van der Waals surface area (Å²) < 4.78 is 0. The van der Waals surface area contributed by atoms with Gasteiger partial charge in [-0.1, -0.05) is 18.2 Å². The number of hydrogen-bond donors (Lipinski definition) is 1. The third-order valence-electron chi connectivity index (χ3n) is 2.99. The molecule has 2 aliphatic rings. The zero-order valence-electron chi connectivity index (χ0n) is 9.85. The van der Waals surface area contributed by atoms with Crippen LogP contribution in [0.1, 0.15) is 19.8 Å². The van der Waals surface area contributed by atoms with Gasteiger partial charge in [0, 0.05) is 11.4 Å². The molecule has 0 aromatic heterocycles. The zero-order chi connectivity index (χ0) is 11.8. The molecule has 86 valence electrons. The predicted octanol–water partition coefficient (Wildman–Crippen LogP) is 2.77. The molecular weight excluding hydrogens is 210 g/mol. The van der Waals surface area contributed by atoms with Crippen molar-refractivity contribution in [1.29, 1.82) is 0 Å². The molecule has 17 heavy (non-hydrogen) atoms. The molecule has 3 rings (SSSR count). The Bertz CT molecular complexity index is 532. The molecule has 1 heterocycles. The van der Waals surface area contributed by atoms with Gasteiger partial charge in [-0.05, 0) is 43.5 Å². The Kier molecular flexibility index (Phi) is 2.25. The number of allylic oxidation sites excluding steroid dienone is 2. The Labute approximate surface area is 101 Å². The highest BCUT2D eigenvalue weighted by molar-refractivity contribution is 5.95. The summed E-state index contributed by atoms with van der Waals surface area (Å²) in [5, 5.41) is 0. The molecule has 1 fully saturated rings. The van der Waals surface area contributed by atoms with Crippen LogP contribution in [0.25, 0.3) is 0 Å². The molecule has 0 saturated heterocycles. The topological polar surface area (TPSA) is 41.6 Å². The van der Waals surface area contributed by atoms with Crippen LogP contribution >= 0.6 is 0 Å². The molecule has 3 heteroatoms. The molecule has 0 atom stereocenters. The number of hydrogen-bond acceptors (Lipinski definition) is 3. The predicted molar refractivity (Wildman–Crippen MR) is 70.6 cm³/mol. The normalized spacial score (nSPS) is 19.0. The van der Waals surface area contributed by atoms with Gasteiger partial charge in [0.25, 0.3) is 0 Å². The van der Waals surface area contributed by atoms with Crippen molar-refractivity contribution in [1.82, 2.24) is 0 Å². The van der Waals surface area contributed by atoms with Gasteiger partial charge in [0.05, 0.1) is 0 Å². The van der Waals surface area contributed by atoms with Crippen LogP contribution < -0.4 is 10.6 Å². The first-order valence-corrected chi connectivity index (χ1v) is 5.85. The van der Waals surface area contributed by atoms with Crippen LogP contribution in [0, 0.1) is 0 Å². The van der Waals surface area contributed by atoms with E-state index in [-0.39, 0.29) is 0 Å². The van der Waals surface area contributed by atoms with Crippen LogP contribution in [-0.4, -0.2) is 5.84 Å². The molecule has 1 aliphatic heterocycles. The lowest BCUT2D eigenvalue weighted by molar-refractivity contribution is 1.01. The summed E-state index contributed by atoms with van der Waals surface area (Å²) in [5.74, 6) is 1.62. The zero-order valence-corrected chi connectivity index (χ0v) is 9.85. The summed E-state index contributed by atoms with van der Waals surface area (Å²) >= 11 is 0. The number of rotatable bonds is 1. The van der Waals surface area contributed by atoms with Crippen molar-refractivity contribution in [2.45, 2.75) is 19.8 Å². The summed E-state index contributed by atoms with van der Waals surface area (Å²) in [4.78, 5) is 6.66. The van der Waals surface area contributed by atoms with Gasteiger partial charge in [-0.25, -0.2) is 4.99 Å². The molecule has 3 nitrogen and oxygen atoms in total. The second-order valence-corrected chi connectivity index (χ2v) is 4.42. The molecular formula is C14H15N3. The third-order valence-corrected chi connectivity index (χ3v) is 2.99. The molecule has 0 radical (unpaired) electrons. The van der Waals surface area contributed by atoms with Gasteiger partial charge in [0.2, 0.25) is 0 Å². The van der Waals surface area contributed by atoms with E-state index in [0.717, 1.165) is 30.0 Å². The molecule has 0 unspecified atom stereocenters. The van der Waals surface area contributed by atoms with Crippen LogP contribution in [-0.2, 0) is 0 Å². The van der Waals surface area contributed by atoms with Crippen LogP contribution in [0.15, 0.2) is 58.5 Å². The number of aliphatic imine (C=N–C) groups is 1. The van der Waals surface area contributed by atoms with Gasteiger partial charge in [0.15, 0.2) is 0 Å². The van der Waals surface area contributed by atoms with E-state index < -0.39 is 0 Å². The van der Waals surface area contributed by atoms with Crippen LogP contribution in [0.2, 0.25) is 0 Å². The molecule has 2 N–H and O–H groups in total. The van der Waals surface area contributed by atoms with E-state index in [4.69, 9.17) is 5.73 Å². The third kappa shape index (κ3) is 1.84. The molecule has 0 bridgehead atoms. The molecule has 1 aromatic carbocycles. The number of para-hydroxylation sites is 1. The van der Waals surface area contributed by atoms with Crippen molar-refractivity contribution in [2.24, 2.45) is 10.7 Å². The highest BCUT2D eigenvalue weighted by Crippen LogP contribution is 2.38. The molecule has 0 spiro atoms. The van der Waals surface area contributed by atoms with E-state index in [0.29, 0.717) is 5.84 Å². The van der Waals surface area contributed by atoms with Gasteiger partial charge < -0.3 is 5.73 Å². The van der Waals surface area contributed by atoms with Gasteiger partial charge in [0.1, 0.15) is 11.7 Å². The fourth-order valence-electron chi connectivity index (χ4n) is 2.08. The van der Waals surface area contributed by atoms with Gasteiger partial charge in [-0.3, -0.25) is 4.90 Å². The number of anilines is 1. The number of nitrogens with two attached hydrogens (primary N) is 1. The molecule has 1 aliphatic carbocycles. The van der Waals surface area contributed by atoms with Crippen LogP contribution in [0.3, 0.4) is 0 Å². The van der Waals surface area contributed by atoms with Crippen LogP contribution in [0.5, 0.6) is 0 Å². The minimum absolute atomic E-state index is 0.601. The van der Waals surface area contributed by atoms with Gasteiger partial charge >= 0.3 is 0 Å². The first-order chi connectivity index (χ1) is 8.25. The SMILES string of the molecule is CC1=CC(N)=NC(=C2CC2)N1c1ccccc1. The summed E-state index contributed by atoms with van der Waals surface area (Å²) in [5.41, 5.74) is 9.50. The fraction of sp³-hybridized carbons (Fsp3) is 0.214. The van der Waals surface area contributed by atoms with Crippen molar-refractivity contribution < 1.29 is 0 Å². The Morgan fingerprint density at radius 1 is 1.18 bits per heavy atom. The van der Waals surface area contributed by atoms with E-state index in [1.54, 1.807) is 0 Å². The quantitative estimate of drug-likeness (QED) is 0.798. The average Bonchev–Trinajstić information content (AvgIpc) is 3.13. The van der Waals surface area contributed by atoms with Crippen LogP contribution in [0.4, 0.5) is 5.69 Å². The molecule has 0 amide bonds. The van der Waals surface area contributed by atoms with Gasteiger partial charge in [-0.2, -0.15) is 0 Å². The Hall–Kier alpha value is -2.03. The molecule has 1 saturated carbocycles. The summed E-state index contributed by atoms with van der Waals surface area (Å²) in [7, 11) is 0. The Balaban J connectivity index is 2.09. The maximum atomic E-state index is 5.83. The number of benzene rings is 1. The second-order valence-electron chi connectivity index (χ2n) is 4.42. The molecule has 1 aromatic rings. The lowest BCUT2D eigenvalue weighted by atomic mass is 10.2. The lowest BCUT2D eigenvalue weighted by Crippen LogP contribution is -2.27. The second kappa shape index (κ2) is 3.77. The monoisotopic (exact) mass is 225 g/mol. The Morgan fingerprint density at radius 3 is 2.53 bits per heavy atom. The highest BCUT2D eigenvalue weighted by Gasteiger charge is 2.26. The maximum Gasteiger partial charge on any atom is 0.138 e. The van der Waals surface area contributed by atoms with Crippen molar-refractivity contribution in [3.05, 3.63) is 53.5 Å². The highest BCUT2D eigenvalue weighted by atomic mass is 15.3. The summed E-state index contributed by atoms with van der Waals surface area (Å²) in [6.45, 7) is 2.07. The van der Waals surface area contributed by atoms with E-state index >= 15 is 0 Å². The standard InChI is InChI=1S/C14H15N3/c1-10-9-13(15)16-14(11-7-8-11)17(10)12-5-3-2-4-6-12/h2-6,9H,7-8H2,1H3,(H2,15,16). The first kappa shape index (κ1) is 10.1. The average molecular weight is 225 g/mol. The van der Waals surface area contributed by atoms with E-state index in [2.05, 4.69) is 28.9 Å². The van der Waals surface area contributed by atoms with E-state index in [1.165, 1.54) is 5.57 Å². The van der Waals surface area contributed by atoms with Crippen molar-refractivity contribution in [3.63, 3.8) is 0 Å². The van der Waals surface area contributed by atoms with Crippen molar-refractivity contribution in [3.8, 4) is 0 Å². The Morgan fingerprint density at radius 2 is 1.88 bits per heavy atom. The number of amidine groups is 1. The minimum atomic E-state index is 0.601. The minimum Gasteiger partial charge on any atom is -0.384 e.